The molecule has 2 atom stereocenters. The van der Waals surface area contributed by atoms with Gasteiger partial charge in [-0.3, -0.25) is 20.6 Å². The first kappa shape index (κ1) is 96.2. The topological polar surface area (TPSA) is 141 Å². The molecule has 2 unspecified atom stereocenters. The molecule has 0 saturated heterocycles. The van der Waals surface area contributed by atoms with Gasteiger partial charge in [-0.2, -0.15) is 0 Å². The summed E-state index contributed by atoms with van der Waals surface area (Å²) in [5.41, 5.74) is 10.4. The Labute approximate surface area is 745 Å². The van der Waals surface area contributed by atoms with Crippen LogP contribution in [-0.2, 0) is 19.5 Å². The molecular weight excluding hydrogens is 1490 g/mol. The predicted molar refractivity (Wildman–Crippen MR) is 513 cm³/mol. The van der Waals surface area contributed by atoms with Gasteiger partial charge in [0.2, 0.25) is 0 Å². The monoisotopic (exact) mass is 1680 g/mol. The Morgan fingerprint density at radius 3 is 0.975 bits per heavy atom. The molecule has 120 heavy (non-hydrogen) atoms. The molecule has 0 heterocycles. The fourth-order valence-electron chi connectivity index (χ4n) is 24.9. The second kappa shape index (κ2) is 47.9. The van der Waals surface area contributed by atoms with Crippen LogP contribution in [0.4, 0.5) is 4.39 Å². The molecule has 11 heteroatoms. The Morgan fingerprint density at radius 2 is 0.625 bits per heavy atom. The largest absolute Gasteiger partial charge is 0.426 e. The predicted octanol–water partition coefficient (Wildman–Crippen LogP) is 34.1. The number of hydrogen-bond acceptors (Lipinski definition) is 10. The summed E-state index contributed by atoms with van der Waals surface area (Å²) < 4.78 is 25.5. The molecule has 0 amide bonds. The van der Waals surface area contributed by atoms with Crippen LogP contribution in [0.15, 0.2) is 66.7 Å². The van der Waals surface area contributed by atoms with E-state index in [9.17, 15) is 29.8 Å². The highest BCUT2D eigenvalue weighted by molar-refractivity contribution is 5.92. The van der Waals surface area contributed by atoms with E-state index in [1.807, 2.05) is 64.1 Å². The lowest BCUT2D eigenvalue weighted by atomic mass is 9.67. The van der Waals surface area contributed by atoms with E-state index in [1.54, 1.807) is 6.92 Å². The minimum absolute atomic E-state index is 0. The summed E-state index contributed by atoms with van der Waals surface area (Å²) in [5.74, 6) is 17.6. The van der Waals surface area contributed by atoms with Gasteiger partial charge in [-0.25, -0.2) is 23.8 Å². The molecule has 4 aromatic carbocycles. The zero-order valence-electron chi connectivity index (χ0n) is 78.0. The lowest BCUT2D eigenvalue weighted by Gasteiger charge is -2.41. The number of halogens is 1. The molecule has 0 radical (unpaired) electrons. The maximum atomic E-state index is 14.1. The van der Waals surface area contributed by atoms with Crippen molar-refractivity contribution in [1.82, 2.24) is 0 Å². The van der Waals surface area contributed by atoms with Crippen molar-refractivity contribution < 1.29 is 69.6 Å². The minimum atomic E-state index is -0.402. The molecule has 4 aromatic rings. The number of carbonyl (C=O) groups excluding carboxylic acids is 2. The SMILES string of the molecule is CC1CCC(C(OO)C2CCC(C)CC2)CC1.CC1CCC(C2CCC(C(OO)C3CCC(C)CC3)CC2)CC1.CC1CCC(c2ccc(OC(=O)C3CCC(C4CCC(C)CC4)CC3)cc2)CC1.Cc1cc(C(OO)C2CCC(C3CCC(C)CC3)CC2)cc(F)c1C.Cc1cc(C2CCC(C)CC2)ccc1C(=O)Oc1cc(C)c(C)c(C)c1.[HH].[HH].[HH].[HH].[HH].[HH].[HH].[HH].[HH].[HH].[HH]. The highest BCUT2D eigenvalue weighted by Gasteiger charge is 2.41. The van der Waals surface area contributed by atoms with Gasteiger partial charge in [0.15, 0.2) is 0 Å². The van der Waals surface area contributed by atoms with E-state index in [0.717, 1.165) is 142 Å². The van der Waals surface area contributed by atoms with Crippen LogP contribution in [0.2, 0.25) is 0 Å². The summed E-state index contributed by atoms with van der Waals surface area (Å²) in [7, 11) is 0. The van der Waals surface area contributed by atoms with E-state index in [-0.39, 0.29) is 57.5 Å². The smallest absolute Gasteiger partial charge is 0.343 e. The van der Waals surface area contributed by atoms with E-state index in [1.165, 1.54) is 280 Å². The average molecular weight is 1680 g/mol. The number of benzene rings is 4. The lowest BCUT2D eigenvalue weighted by Crippen LogP contribution is -2.37. The van der Waals surface area contributed by atoms with Crippen LogP contribution in [0.5, 0.6) is 11.5 Å². The number of esters is 2. The van der Waals surface area contributed by atoms with Crippen molar-refractivity contribution in [3.8, 4) is 11.5 Å². The molecule has 694 valence electrons. The van der Waals surface area contributed by atoms with Gasteiger partial charge in [0.25, 0.3) is 0 Å². The molecule has 11 saturated carbocycles. The van der Waals surface area contributed by atoms with Crippen LogP contribution in [0.3, 0.4) is 0 Å². The summed E-state index contributed by atoms with van der Waals surface area (Å²) in [6, 6.07) is 22.0. The first-order valence-electron chi connectivity index (χ1n) is 50.2. The normalized spacial score (nSPS) is 33.9. The second-order valence-electron chi connectivity index (χ2n) is 43.2. The Bertz CT molecular complexity index is 3620. The van der Waals surface area contributed by atoms with E-state index >= 15 is 0 Å². The fraction of sp³-hybridized carbons (Fsp3) is 0.761. The van der Waals surface area contributed by atoms with Crippen molar-refractivity contribution >= 4 is 11.9 Å². The van der Waals surface area contributed by atoms with Crippen LogP contribution in [0.25, 0.3) is 0 Å². The third-order valence-electron chi connectivity index (χ3n) is 34.4. The van der Waals surface area contributed by atoms with Crippen LogP contribution < -0.4 is 9.47 Å². The van der Waals surface area contributed by atoms with E-state index in [4.69, 9.17) is 24.1 Å². The van der Waals surface area contributed by atoms with Crippen LogP contribution >= 0.6 is 0 Å². The Balaban J connectivity index is 0.00000159. The maximum absolute atomic E-state index is 14.1. The van der Waals surface area contributed by atoms with Gasteiger partial charge in [-0.1, -0.05) is 188 Å². The number of hydrogen-bond donors (Lipinski definition) is 3. The summed E-state index contributed by atoms with van der Waals surface area (Å²) in [6.07, 6.45) is 57.0. The zero-order chi connectivity index (χ0) is 85.5. The number of ether oxygens (including phenoxy) is 2. The number of rotatable bonds is 18. The van der Waals surface area contributed by atoms with Crippen LogP contribution in [-0.4, -0.2) is 39.9 Å². The lowest BCUT2D eigenvalue weighted by molar-refractivity contribution is -0.307. The van der Waals surface area contributed by atoms with Gasteiger partial charge in [-0.05, 0) is 432 Å². The van der Waals surface area contributed by atoms with Crippen molar-refractivity contribution in [3.63, 3.8) is 0 Å². The molecule has 0 aromatic heterocycles. The van der Waals surface area contributed by atoms with Crippen molar-refractivity contribution in [2.24, 2.45) is 118 Å². The fourth-order valence-corrected chi connectivity index (χ4v) is 24.9. The summed E-state index contributed by atoms with van der Waals surface area (Å²) in [5, 5.41) is 28.3. The first-order chi connectivity index (χ1) is 57.8. The summed E-state index contributed by atoms with van der Waals surface area (Å²) in [4.78, 5) is 40.2. The molecule has 0 aliphatic heterocycles. The maximum Gasteiger partial charge on any atom is 0.343 e. The van der Waals surface area contributed by atoms with Gasteiger partial charge >= 0.3 is 11.9 Å². The van der Waals surface area contributed by atoms with Gasteiger partial charge < -0.3 is 9.47 Å². The zero-order valence-corrected chi connectivity index (χ0v) is 78.0. The molecule has 0 spiro atoms. The minimum Gasteiger partial charge on any atom is -0.426 e. The second-order valence-corrected chi connectivity index (χ2v) is 43.2. The molecule has 10 nitrogen and oxygen atoms in total. The van der Waals surface area contributed by atoms with Crippen LogP contribution in [0.1, 0.15) is 432 Å². The number of aryl methyl sites for hydroxylation is 4. The number of carbonyl (C=O) groups is 2. The van der Waals surface area contributed by atoms with Gasteiger partial charge in [-0.15, -0.1) is 0 Å². The molecule has 11 aliphatic carbocycles. The third kappa shape index (κ3) is 28.0. The summed E-state index contributed by atoms with van der Waals surface area (Å²) >= 11 is 0. The standard InChI is InChI=1S/C27H40O2.C24H30O2.C22H33FO2.C21H38O2.C15H28O2.11H2/c1-19-3-7-21(8-4-19)23-11-13-25(14-12-23)27(28)29-26-17-15-24(16-18-26)22-9-5-20(2)6-10-22;1-15-6-8-20(9-7-15)21-10-11-23(18(4)12-21)24(25)26-22-13-16(2)19(5)17(3)14-22;1-14-4-6-17(7-5-14)18-8-10-19(11-9-18)22(25-24)20-12-15(2)16(3)21(23)13-20;1-15-3-7-17(8-4-15)18-11-13-20(14-12-18)21(23-22)19-9-5-16(2)6-10-19;1-11-3-7-13(8-4-11)15(17-16)14-9-5-12(2)6-10-14;;;;;;;;;;;/h15-23,25H,3-14H2,1-2H3;10-15,20H,6-9H2,1-5H3;12-14,17-19,22,24H,4-11H2,1-3H3;15-22H,3-14H2,1-2H3;11-16H,3-10H2,1-2H3;11*1H. The van der Waals surface area contributed by atoms with Crippen molar-refractivity contribution in [2.45, 2.75) is 410 Å². The van der Waals surface area contributed by atoms with Gasteiger partial charge in [0.05, 0.1) is 23.7 Å². The first-order valence-corrected chi connectivity index (χ1v) is 50.2. The molecular formula is C109H191FO10. The Morgan fingerprint density at radius 1 is 0.317 bits per heavy atom. The average Bonchev–Trinajstić information content (AvgIpc) is 0.844. The van der Waals surface area contributed by atoms with Crippen LogP contribution in [0, 0.1) is 166 Å². The van der Waals surface area contributed by atoms with Gasteiger partial charge in [0.1, 0.15) is 23.4 Å². The highest BCUT2D eigenvalue weighted by atomic mass is 19.1. The summed E-state index contributed by atoms with van der Waals surface area (Å²) in [6.45, 7) is 30.8. The third-order valence-corrected chi connectivity index (χ3v) is 34.4. The Kier molecular flexibility index (Phi) is 38.4. The van der Waals surface area contributed by atoms with E-state index in [0.29, 0.717) is 52.4 Å². The molecule has 11 fully saturated rings. The van der Waals surface area contributed by atoms with Crippen molar-refractivity contribution in [2.75, 3.05) is 0 Å². The van der Waals surface area contributed by atoms with Crippen molar-refractivity contribution in [3.05, 3.63) is 128 Å². The molecule has 11 aliphatic rings. The Hall–Kier alpha value is -4.49. The van der Waals surface area contributed by atoms with Crippen molar-refractivity contribution in [1.29, 1.82) is 0 Å². The molecule has 3 N–H and O–H groups in total. The highest BCUT2D eigenvalue weighted by Crippen LogP contribution is 2.50. The van der Waals surface area contributed by atoms with Gasteiger partial charge in [0, 0.05) is 15.7 Å². The van der Waals surface area contributed by atoms with E-state index in [2.05, 4.69) is 86.6 Å². The molecule has 15 rings (SSSR count). The molecule has 0 bridgehead atoms. The quantitative estimate of drug-likeness (QED) is 0.0382. The van der Waals surface area contributed by atoms with E-state index < -0.39 is 6.10 Å².